The van der Waals surface area contributed by atoms with Crippen molar-refractivity contribution in [2.24, 2.45) is 0 Å². The number of amides is 2. The summed E-state index contributed by atoms with van der Waals surface area (Å²) in [5.74, 6) is 1.23. The molecule has 0 radical (unpaired) electrons. The van der Waals surface area contributed by atoms with Gasteiger partial charge in [-0.3, -0.25) is 4.79 Å². The van der Waals surface area contributed by atoms with Crippen molar-refractivity contribution < 1.29 is 22.7 Å². The number of benzene rings is 3. The van der Waals surface area contributed by atoms with E-state index in [1.165, 1.54) is 0 Å². The zero-order chi connectivity index (χ0) is 28.7. The van der Waals surface area contributed by atoms with E-state index >= 15 is 0 Å². The van der Waals surface area contributed by atoms with Gasteiger partial charge in [-0.05, 0) is 48.2 Å². The third-order valence-electron chi connectivity index (χ3n) is 6.31. The number of fused-ring (bicyclic) bond motifs is 1. The summed E-state index contributed by atoms with van der Waals surface area (Å²) in [7, 11) is -3.74. The van der Waals surface area contributed by atoms with Crippen molar-refractivity contribution in [1.82, 2.24) is 14.3 Å². The number of rotatable bonds is 11. The monoisotopic (exact) mass is 562 g/mol. The number of hydrogen-bond acceptors (Lipinski definition) is 6. The molecule has 3 aromatic carbocycles. The molecule has 40 heavy (non-hydrogen) atoms. The van der Waals surface area contributed by atoms with Crippen molar-refractivity contribution in [2.75, 3.05) is 11.6 Å². The Morgan fingerprint density at radius 2 is 1.73 bits per heavy atom. The first-order chi connectivity index (χ1) is 19.2. The number of nitrogens with one attached hydrogen (secondary N) is 2. The smallest absolute Gasteiger partial charge is 0.409 e. The summed E-state index contributed by atoms with van der Waals surface area (Å²) in [5.41, 5.74) is 5.11. The van der Waals surface area contributed by atoms with Gasteiger partial charge in [0.05, 0.1) is 17.3 Å². The highest BCUT2D eigenvalue weighted by Crippen LogP contribution is 2.31. The molecule has 4 aromatic rings. The van der Waals surface area contributed by atoms with E-state index in [0.717, 1.165) is 65.6 Å². The molecule has 0 aliphatic carbocycles. The van der Waals surface area contributed by atoms with Crippen LogP contribution in [-0.4, -0.2) is 36.2 Å². The van der Waals surface area contributed by atoms with Crippen molar-refractivity contribution in [2.45, 2.75) is 52.5 Å². The van der Waals surface area contributed by atoms with Crippen LogP contribution in [0.4, 0.5) is 10.5 Å². The second-order valence-corrected chi connectivity index (χ2v) is 11.4. The molecule has 0 unspecified atom stereocenters. The summed E-state index contributed by atoms with van der Waals surface area (Å²) < 4.78 is 32.0. The number of imidazole rings is 1. The lowest BCUT2D eigenvalue weighted by Crippen LogP contribution is -2.32. The molecule has 2 N–H and O–H groups in total. The van der Waals surface area contributed by atoms with Crippen LogP contribution in [0.3, 0.4) is 0 Å². The normalized spacial score (nSPS) is 11.4. The van der Waals surface area contributed by atoms with E-state index in [9.17, 15) is 18.0 Å². The first-order valence-electron chi connectivity index (χ1n) is 13.3. The molecule has 4 rings (SSSR count). The molecule has 0 saturated carbocycles. The summed E-state index contributed by atoms with van der Waals surface area (Å²) >= 11 is 0. The molecule has 0 aliphatic rings. The molecule has 0 spiro atoms. The minimum absolute atomic E-state index is 0.00669. The van der Waals surface area contributed by atoms with Crippen LogP contribution >= 0.6 is 0 Å². The van der Waals surface area contributed by atoms with Crippen LogP contribution in [-0.2, 0) is 27.8 Å². The molecule has 9 nitrogen and oxygen atoms in total. The third kappa shape index (κ3) is 7.47. The molecule has 10 heteroatoms. The van der Waals surface area contributed by atoms with Crippen LogP contribution in [0, 0.1) is 0 Å². The third-order valence-corrected chi connectivity index (χ3v) is 6.84. The maximum Gasteiger partial charge on any atom is 0.426 e. The zero-order valence-electron chi connectivity index (χ0n) is 22.9. The van der Waals surface area contributed by atoms with E-state index in [1.54, 1.807) is 18.2 Å². The van der Waals surface area contributed by atoms with E-state index in [2.05, 4.69) is 16.8 Å². The van der Waals surface area contributed by atoms with Gasteiger partial charge in [0, 0.05) is 30.6 Å². The highest BCUT2D eigenvalue weighted by atomic mass is 32.2. The Morgan fingerprint density at radius 3 is 2.42 bits per heavy atom. The topological polar surface area (TPSA) is 119 Å². The van der Waals surface area contributed by atoms with Crippen LogP contribution in [0.1, 0.15) is 50.9 Å². The number of para-hydroxylation sites is 1. The minimum atomic E-state index is -3.74. The van der Waals surface area contributed by atoms with Gasteiger partial charge in [-0.25, -0.2) is 22.9 Å². The Labute approximate surface area is 234 Å². The molecule has 0 aliphatic heterocycles. The van der Waals surface area contributed by atoms with Crippen molar-refractivity contribution >= 4 is 38.7 Å². The number of aromatic nitrogens is 2. The van der Waals surface area contributed by atoms with Crippen LogP contribution in [0.15, 0.2) is 66.7 Å². The first-order valence-corrected chi connectivity index (χ1v) is 15.2. The molecule has 0 atom stereocenters. The molecular formula is C30H34N4O5S. The number of aryl methyl sites for hydroxylation is 1. The first kappa shape index (κ1) is 28.8. The Morgan fingerprint density at radius 1 is 0.975 bits per heavy atom. The maximum absolute atomic E-state index is 12.2. The molecule has 2 amide bonds. The Kier molecular flexibility index (Phi) is 9.21. The van der Waals surface area contributed by atoms with Crippen LogP contribution in [0.25, 0.3) is 22.2 Å². The predicted molar refractivity (Wildman–Crippen MR) is 157 cm³/mol. The lowest BCUT2D eigenvalue weighted by Gasteiger charge is -2.13. The molecular weight excluding hydrogens is 528 g/mol. The largest absolute Gasteiger partial charge is 0.426 e. The van der Waals surface area contributed by atoms with Crippen LogP contribution in [0.5, 0.6) is 5.75 Å². The fourth-order valence-corrected chi connectivity index (χ4v) is 4.79. The maximum atomic E-state index is 12.2. The number of carbonyl (C=O) groups is 2. The second kappa shape index (κ2) is 12.8. The van der Waals surface area contributed by atoms with Gasteiger partial charge in [-0.15, -0.1) is 0 Å². The van der Waals surface area contributed by atoms with E-state index in [-0.39, 0.29) is 11.7 Å². The van der Waals surface area contributed by atoms with E-state index in [0.29, 0.717) is 18.5 Å². The zero-order valence-corrected chi connectivity index (χ0v) is 23.8. The summed E-state index contributed by atoms with van der Waals surface area (Å²) in [6, 6.07) is 20.6. The molecule has 0 bridgehead atoms. The van der Waals surface area contributed by atoms with Gasteiger partial charge in [0.15, 0.2) is 0 Å². The van der Waals surface area contributed by atoms with E-state index in [4.69, 9.17) is 9.72 Å². The van der Waals surface area contributed by atoms with Crippen LogP contribution in [0.2, 0.25) is 0 Å². The summed E-state index contributed by atoms with van der Waals surface area (Å²) in [6.45, 7) is 4.72. The number of carbonyl (C=O) groups excluding carboxylic acids is 2. The lowest BCUT2D eigenvalue weighted by molar-refractivity contribution is -0.116. The summed E-state index contributed by atoms with van der Waals surface area (Å²) in [6.07, 6.45) is 4.01. The molecule has 1 heterocycles. The van der Waals surface area contributed by atoms with Gasteiger partial charge >= 0.3 is 6.09 Å². The average molecular weight is 563 g/mol. The summed E-state index contributed by atoms with van der Waals surface area (Å²) in [4.78, 5) is 29.1. The van der Waals surface area contributed by atoms with E-state index in [1.807, 2.05) is 60.2 Å². The minimum Gasteiger partial charge on any atom is -0.409 e. The van der Waals surface area contributed by atoms with Gasteiger partial charge in [0.1, 0.15) is 11.6 Å². The highest BCUT2D eigenvalue weighted by Gasteiger charge is 2.15. The highest BCUT2D eigenvalue weighted by molar-refractivity contribution is 7.89. The lowest BCUT2D eigenvalue weighted by atomic mass is 10.0. The average Bonchev–Trinajstić information content (AvgIpc) is 3.23. The second-order valence-electron chi connectivity index (χ2n) is 9.68. The number of ether oxygens (including phenoxy) is 1. The van der Waals surface area contributed by atoms with Crippen molar-refractivity contribution in [1.29, 1.82) is 0 Å². The van der Waals surface area contributed by atoms with Crippen molar-refractivity contribution in [3.05, 3.63) is 78.1 Å². The fourth-order valence-electron chi connectivity index (χ4n) is 4.44. The molecule has 0 saturated heterocycles. The van der Waals surface area contributed by atoms with Gasteiger partial charge < -0.3 is 14.6 Å². The van der Waals surface area contributed by atoms with Gasteiger partial charge in [0.25, 0.3) is 0 Å². The Bertz CT molecular complexity index is 1610. The number of nitrogens with zero attached hydrogens (tertiary/aromatic N) is 2. The van der Waals surface area contributed by atoms with Gasteiger partial charge in [-0.1, -0.05) is 62.7 Å². The summed E-state index contributed by atoms with van der Waals surface area (Å²) in [5, 5.41) is 2.98. The SMILES string of the molecule is CCCCc1nc2ccc(NC(=O)CCC)cc2n1Cc1ccc(-c2ccccc2OC(=O)NS(C)(=O)=O)cc1. The quantitative estimate of drug-likeness (QED) is 0.236. The Balaban J connectivity index is 1.61. The number of hydrogen-bond donors (Lipinski definition) is 2. The Hall–Kier alpha value is -4.18. The fraction of sp³-hybridized carbons (Fsp3) is 0.300. The van der Waals surface area contributed by atoms with Crippen molar-refractivity contribution in [3.8, 4) is 16.9 Å². The van der Waals surface area contributed by atoms with Crippen molar-refractivity contribution in [3.63, 3.8) is 0 Å². The van der Waals surface area contributed by atoms with Gasteiger partial charge in [-0.2, -0.15) is 0 Å². The number of anilines is 1. The molecule has 1 aromatic heterocycles. The number of sulfonamides is 1. The molecule has 0 fully saturated rings. The van der Waals surface area contributed by atoms with Gasteiger partial charge in [0.2, 0.25) is 15.9 Å². The van der Waals surface area contributed by atoms with E-state index < -0.39 is 16.1 Å². The standard InChI is InChI=1S/C30H34N4O5S/c1-4-6-12-28-32-25-18-17-23(31-29(35)9-5-2)19-26(25)34(28)20-21-13-15-22(16-14-21)24-10-7-8-11-27(24)39-30(36)33-40(3,37)38/h7-8,10-11,13-19H,4-6,9,12,20H2,1-3H3,(H,31,35)(H,33,36). The van der Waals surface area contributed by atoms with Crippen LogP contribution < -0.4 is 14.8 Å². The number of unbranched alkanes of at least 4 members (excludes halogenated alkanes) is 1. The predicted octanol–water partition coefficient (Wildman–Crippen LogP) is 5.88. The molecule has 210 valence electrons.